The summed E-state index contributed by atoms with van der Waals surface area (Å²) in [6, 6.07) is -1.03. The highest BCUT2D eigenvalue weighted by Gasteiger charge is 2.47. The van der Waals surface area contributed by atoms with E-state index in [9.17, 15) is 35.1 Å². The molecule has 0 spiro atoms. The van der Waals surface area contributed by atoms with Crippen LogP contribution in [0.1, 0.15) is 361 Å². The van der Waals surface area contributed by atoms with Crippen molar-refractivity contribution in [2.45, 2.75) is 410 Å². The average Bonchev–Trinajstić information content (AvgIpc) is 0.974. The van der Waals surface area contributed by atoms with Crippen molar-refractivity contribution in [1.29, 1.82) is 0 Å². The van der Waals surface area contributed by atoms with Crippen LogP contribution in [0.15, 0.2) is 85.1 Å². The Balaban J connectivity index is 2.48. The Hall–Kier alpha value is -3.16. The Bertz CT molecular complexity index is 1840. The fourth-order valence-electron chi connectivity index (χ4n) is 12.1. The Morgan fingerprint density at radius 1 is 0.419 bits per heavy atom. The number of ether oxygens (including phenoxy) is 3. The number of allylic oxidation sites excluding steroid dienone is 13. The van der Waals surface area contributed by atoms with Crippen LogP contribution in [0.3, 0.4) is 0 Å². The normalized spacial score (nSPS) is 18.3. The molecule has 540 valence electrons. The molecule has 0 aliphatic carbocycles. The third kappa shape index (κ3) is 55.5. The molecule has 1 saturated heterocycles. The first-order valence-corrected chi connectivity index (χ1v) is 39.4. The summed E-state index contributed by atoms with van der Waals surface area (Å²) in [5.74, 6) is -1.19. The van der Waals surface area contributed by atoms with Crippen LogP contribution in [-0.4, -0.2) is 99.6 Å². The van der Waals surface area contributed by atoms with Crippen molar-refractivity contribution >= 4 is 11.9 Å². The van der Waals surface area contributed by atoms with Crippen molar-refractivity contribution in [3.05, 3.63) is 85.1 Å². The topological polar surface area (TPSA) is 175 Å². The molecule has 8 atom stereocenters. The first kappa shape index (κ1) is 87.9. The Morgan fingerprint density at radius 2 is 0.742 bits per heavy atom. The zero-order valence-corrected chi connectivity index (χ0v) is 60.4. The summed E-state index contributed by atoms with van der Waals surface area (Å²) in [5, 5.41) is 57.4. The molecule has 11 heteroatoms. The highest BCUT2D eigenvalue weighted by atomic mass is 16.7. The van der Waals surface area contributed by atoms with Gasteiger partial charge in [0.05, 0.1) is 25.4 Å². The predicted octanol–water partition coefficient (Wildman–Crippen LogP) is 21.2. The van der Waals surface area contributed by atoms with Crippen LogP contribution in [0.4, 0.5) is 0 Å². The average molecular weight is 1310 g/mol. The van der Waals surface area contributed by atoms with Gasteiger partial charge in [-0.15, -0.1) is 0 Å². The van der Waals surface area contributed by atoms with E-state index >= 15 is 0 Å². The van der Waals surface area contributed by atoms with Crippen molar-refractivity contribution < 1.29 is 49.3 Å². The van der Waals surface area contributed by atoms with E-state index < -0.39 is 67.4 Å². The summed E-state index contributed by atoms with van der Waals surface area (Å²) in [6.07, 6.45) is 82.1. The molecular weight excluding hydrogens is 1160 g/mol. The molecule has 1 aliphatic rings. The number of nitrogens with one attached hydrogen (secondary N) is 1. The molecule has 1 aliphatic heterocycles. The second-order valence-electron chi connectivity index (χ2n) is 27.1. The van der Waals surface area contributed by atoms with Crippen LogP contribution in [0.25, 0.3) is 0 Å². The maximum atomic E-state index is 13.5. The largest absolute Gasteiger partial charge is 0.454 e. The quantitative estimate of drug-likeness (QED) is 0.0195. The van der Waals surface area contributed by atoms with Gasteiger partial charge in [0, 0.05) is 6.42 Å². The Labute approximate surface area is 572 Å². The van der Waals surface area contributed by atoms with Gasteiger partial charge in [0.25, 0.3) is 0 Å². The number of unbranched alkanes of at least 4 members (excludes halogenated alkanes) is 42. The molecule has 0 aromatic carbocycles. The molecule has 0 aromatic heterocycles. The SMILES string of the molecule is CCCCC/C=C\C/C=C\C/C=C\C/C=C\CCCCCCCCCCCCC(O)C(=O)NC(COC1OC(CO)C(O)C(O)C1OC(=O)CCCCCCCCCCCCCCCCCCC/C=C\C/C=C\CCCCC)C(O)/C=C/CCCCCCCCCCC. The molecule has 1 rings (SSSR count). The number of carbonyl (C=O) groups is 2. The third-order valence-corrected chi connectivity index (χ3v) is 18.3. The molecule has 0 saturated carbocycles. The van der Waals surface area contributed by atoms with E-state index in [0.29, 0.717) is 12.8 Å². The summed E-state index contributed by atoms with van der Waals surface area (Å²) in [6.45, 7) is 5.78. The summed E-state index contributed by atoms with van der Waals surface area (Å²) >= 11 is 0. The first-order chi connectivity index (χ1) is 45.7. The summed E-state index contributed by atoms with van der Waals surface area (Å²) in [4.78, 5) is 26.8. The molecule has 11 nitrogen and oxygen atoms in total. The van der Waals surface area contributed by atoms with E-state index in [2.05, 4.69) is 99.0 Å². The lowest BCUT2D eigenvalue weighted by molar-refractivity contribution is -0.305. The van der Waals surface area contributed by atoms with Crippen LogP contribution < -0.4 is 5.32 Å². The van der Waals surface area contributed by atoms with Gasteiger partial charge < -0.3 is 45.1 Å². The highest BCUT2D eigenvalue weighted by molar-refractivity contribution is 5.80. The van der Waals surface area contributed by atoms with Gasteiger partial charge in [-0.3, -0.25) is 9.59 Å². The molecule has 1 fully saturated rings. The van der Waals surface area contributed by atoms with Crippen molar-refractivity contribution in [1.82, 2.24) is 5.32 Å². The number of esters is 1. The fraction of sp³-hybridized carbons (Fsp3) is 0.805. The zero-order chi connectivity index (χ0) is 67.4. The third-order valence-electron chi connectivity index (χ3n) is 18.3. The van der Waals surface area contributed by atoms with Gasteiger partial charge in [-0.25, -0.2) is 0 Å². The molecule has 0 bridgehead atoms. The van der Waals surface area contributed by atoms with E-state index in [1.165, 1.54) is 225 Å². The Morgan fingerprint density at radius 3 is 1.13 bits per heavy atom. The van der Waals surface area contributed by atoms with Gasteiger partial charge in [0.15, 0.2) is 12.4 Å². The number of aliphatic hydroxyl groups is 5. The van der Waals surface area contributed by atoms with E-state index in [1.807, 2.05) is 6.08 Å². The summed E-state index contributed by atoms with van der Waals surface area (Å²) in [7, 11) is 0. The molecule has 1 amide bonds. The van der Waals surface area contributed by atoms with Gasteiger partial charge in [-0.1, -0.05) is 337 Å². The highest BCUT2D eigenvalue weighted by Crippen LogP contribution is 2.27. The van der Waals surface area contributed by atoms with E-state index in [1.54, 1.807) is 6.08 Å². The van der Waals surface area contributed by atoms with Crippen molar-refractivity contribution in [2.75, 3.05) is 13.2 Å². The second-order valence-corrected chi connectivity index (χ2v) is 27.1. The number of carbonyl (C=O) groups excluding carboxylic acids is 2. The minimum atomic E-state index is -1.62. The smallest absolute Gasteiger partial charge is 0.306 e. The van der Waals surface area contributed by atoms with Gasteiger partial charge in [0.2, 0.25) is 5.91 Å². The van der Waals surface area contributed by atoms with Crippen LogP contribution in [-0.2, 0) is 23.8 Å². The van der Waals surface area contributed by atoms with Crippen molar-refractivity contribution in [3.8, 4) is 0 Å². The lowest BCUT2D eigenvalue weighted by Gasteiger charge is -2.41. The molecule has 1 heterocycles. The number of amides is 1. The molecule has 8 unspecified atom stereocenters. The maximum absolute atomic E-state index is 13.5. The molecule has 0 radical (unpaired) electrons. The lowest BCUT2D eigenvalue weighted by atomic mass is 9.99. The zero-order valence-electron chi connectivity index (χ0n) is 60.4. The van der Waals surface area contributed by atoms with Crippen molar-refractivity contribution in [2.24, 2.45) is 0 Å². The predicted molar refractivity (Wildman–Crippen MR) is 393 cm³/mol. The Kier molecular flexibility index (Phi) is 65.0. The molecule has 6 N–H and O–H groups in total. The van der Waals surface area contributed by atoms with Crippen molar-refractivity contribution in [3.63, 3.8) is 0 Å². The van der Waals surface area contributed by atoms with Crippen LogP contribution in [0.2, 0.25) is 0 Å². The number of hydrogen-bond acceptors (Lipinski definition) is 10. The number of aliphatic hydroxyl groups excluding tert-OH is 5. The minimum Gasteiger partial charge on any atom is -0.454 e. The molecule has 93 heavy (non-hydrogen) atoms. The number of rotatable bonds is 68. The second kappa shape index (κ2) is 68.8. The van der Waals surface area contributed by atoms with Crippen LogP contribution in [0, 0.1) is 0 Å². The molecular formula is C82H147NO10. The maximum Gasteiger partial charge on any atom is 0.306 e. The van der Waals surface area contributed by atoms with E-state index in [-0.39, 0.29) is 19.4 Å². The summed E-state index contributed by atoms with van der Waals surface area (Å²) < 4.78 is 17.7. The monoisotopic (exact) mass is 1310 g/mol. The van der Waals surface area contributed by atoms with E-state index in [0.717, 1.165) is 89.9 Å². The lowest BCUT2D eigenvalue weighted by Crippen LogP contribution is -2.61. The minimum absolute atomic E-state index is 0.123. The van der Waals surface area contributed by atoms with Gasteiger partial charge in [-0.2, -0.15) is 0 Å². The fourth-order valence-corrected chi connectivity index (χ4v) is 12.1. The van der Waals surface area contributed by atoms with Gasteiger partial charge >= 0.3 is 5.97 Å². The van der Waals surface area contributed by atoms with Gasteiger partial charge in [-0.05, 0) is 103 Å². The van der Waals surface area contributed by atoms with Gasteiger partial charge in [0.1, 0.15) is 24.4 Å². The molecule has 0 aromatic rings. The van der Waals surface area contributed by atoms with Crippen LogP contribution >= 0.6 is 0 Å². The standard InChI is InChI=1S/C82H147NO10/c1-4-7-10-13-16-19-22-24-26-28-30-32-34-36-38-40-42-44-46-48-50-52-55-58-61-64-67-70-77(87)93-80-79(89)78(88)76(71-84)92-82(80)91-72-73(74(85)68-65-62-59-56-53-21-18-15-12-9-6-3)83-81(90)75(86)69-66-63-60-57-54-51-49-47-45-43-41-39-37-35-33-31-29-27-25-23-20-17-14-11-8-5-2/h16-17,19-20,24-27,31,33,37,39,65,68,73-76,78-80,82,84-86,88-89H,4-15,18,21-23,28-30,32,34-36,38,40-64,66-67,69-72H2,1-3H3,(H,83,90)/b19-16-,20-17-,26-24-,27-25-,33-31-,39-37-,68-65+. The van der Waals surface area contributed by atoms with E-state index in [4.69, 9.17) is 14.2 Å². The first-order valence-electron chi connectivity index (χ1n) is 39.4. The number of hydrogen-bond donors (Lipinski definition) is 6. The van der Waals surface area contributed by atoms with Crippen LogP contribution in [0.5, 0.6) is 0 Å². The summed E-state index contributed by atoms with van der Waals surface area (Å²) in [5.41, 5.74) is 0.